The molecule has 0 unspecified atom stereocenters. The van der Waals surface area contributed by atoms with Crippen molar-refractivity contribution in [3.8, 4) is 11.6 Å². The van der Waals surface area contributed by atoms with Crippen LogP contribution in [-0.2, 0) is 0 Å². The van der Waals surface area contributed by atoms with E-state index >= 15 is 0 Å². The highest BCUT2D eigenvalue weighted by Gasteiger charge is 2.12. The molecule has 0 radical (unpaired) electrons. The number of aryl methyl sites for hydroxylation is 1. The standard InChI is InChI=1S/C18H19ClN6O2/c1-12-20-7-8-25(12)17-10-16(23-11-24-17)21-5-6-22-18(26)14-9-13(19)3-4-15(14)27-2/h3-4,7-11H,5-6H2,1-2H3,(H,22,26)(H,21,23,24). The number of methoxy groups -OCH3 is 1. The first-order chi connectivity index (χ1) is 13.1. The second-order valence-electron chi connectivity index (χ2n) is 5.63. The fraction of sp³-hybridized carbons (Fsp3) is 0.222. The van der Waals surface area contributed by atoms with Crippen molar-refractivity contribution in [2.75, 3.05) is 25.5 Å². The van der Waals surface area contributed by atoms with Gasteiger partial charge in [-0.15, -0.1) is 0 Å². The lowest BCUT2D eigenvalue weighted by molar-refractivity contribution is 0.0952. The van der Waals surface area contributed by atoms with Gasteiger partial charge in [-0.1, -0.05) is 11.6 Å². The molecule has 0 aliphatic carbocycles. The minimum atomic E-state index is -0.256. The van der Waals surface area contributed by atoms with Gasteiger partial charge in [0, 0.05) is 36.6 Å². The van der Waals surface area contributed by atoms with Gasteiger partial charge in [-0.2, -0.15) is 0 Å². The highest BCUT2D eigenvalue weighted by Crippen LogP contribution is 2.22. The van der Waals surface area contributed by atoms with Gasteiger partial charge < -0.3 is 15.4 Å². The number of aromatic nitrogens is 4. The molecule has 0 spiro atoms. The van der Waals surface area contributed by atoms with Crippen molar-refractivity contribution < 1.29 is 9.53 Å². The van der Waals surface area contributed by atoms with Crippen molar-refractivity contribution in [3.05, 3.63) is 59.4 Å². The van der Waals surface area contributed by atoms with E-state index in [1.54, 1.807) is 24.4 Å². The van der Waals surface area contributed by atoms with Crippen molar-refractivity contribution in [2.45, 2.75) is 6.92 Å². The average Bonchev–Trinajstić information content (AvgIpc) is 3.11. The van der Waals surface area contributed by atoms with Crippen molar-refractivity contribution in [3.63, 3.8) is 0 Å². The van der Waals surface area contributed by atoms with E-state index < -0.39 is 0 Å². The first-order valence-electron chi connectivity index (χ1n) is 8.26. The van der Waals surface area contributed by atoms with Gasteiger partial charge in [0.05, 0.1) is 12.7 Å². The van der Waals surface area contributed by atoms with Gasteiger partial charge in [0.1, 0.15) is 29.5 Å². The van der Waals surface area contributed by atoms with Crippen LogP contribution >= 0.6 is 11.6 Å². The summed E-state index contributed by atoms with van der Waals surface area (Å²) in [7, 11) is 1.51. The Morgan fingerprint density at radius 2 is 2.07 bits per heavy atom. The Morgan fingerprint density at radius 1 is 1.22 bits per heavy atom. The van der Waals surface area contributed by atoms with E-state index in [9.17, 15) is 4.79 Å². The van der Waals surface area contributed by atoms with Crippen molar-refractivity contribution in [1.29, 1.82) is 0 Å². The molecule has 8 nitrogen and oxygen atoms in total. The zero-order valence-corrected chi connectivity index (χ0v) is 15.7. The Balaban J connectivity index is 1.56. The van der Waals surface area contributed by atoms with Gasteiger partial charge in [0.15, 0.2) is 0 Å². The number of nitrogens with zero attached hydrogens (tertiary/aromatic N) is 4. The van der Waals surface area contributed by atoms with E-state index in [2.05, 4.69) is 25.6 Å². The molecule has 0 aliphatic rings. The molecule has 0 saturated heterocycles. The molecule has 2 aromatic heterocycles. The summed E-state index contributed by atoms with van der Waals surface area (Å²) in [5.74, 6) is 2.43. The van der Waals surface area contributed by atoms with Crippen LogP contribution in [0, 0.1) is 6.92 Å². The number of rotatable bonds is 7. The van der Waals surface area contributed by atoms with Gasteiger partial charge in [0.2, 0.25) is 0 Å². The third-order valence-electron chi connectivity index (χ3n) is 3.85. The fourth-order valence-electron chi connectivity index (χ4n) is 2.52. The Labute approximate surface area is 161 Å². The Kier molecular flexibility index (Phi) is 5.87. The molecule has 1 aromatic carbocycles. The molecule has 27 heavy (non-hydrogen) atoms. The summed E-state index contributed by atoms with van der Waals surface area (Å²) in [4.78, 5) is 24.9. The van der Waals surface area contributed by atoms with Crippen LogP contribution in [0.5, 0.6) is 5.75 Å². The number of ether oxygens (including phenoxy) is 1. The predicted octanol–water partition coefficient (Wildman–Crippen LogP) is 2.47. The maximum atomic E-state index is 12.3. The minimum Gasteiger partial charge on any atom is -0.496 e. The smallest absolute Gasteiger partial charge is 0.255 e. The fourth-order valence-corrected chi connectivity index (χ4v) is 2.69. The molecule has 0 bridgehead atoms. The summed E-state index contributed by atoms with van der Waals surface area (Å²) >= 11 is 5.96. The maximum Gasteiger partial charge on any atom is 0.255 e. The summed E-state index contributed by atoms with van der Waals surface area (Å²) in [5.41, 5.74) is 0.393. The number of carbonyl (C=O) groups is 1. The van der Waals surface area contributed by atoms with Crippen LogP contribution in [0.25, 0.3) is 5.82 Å². The lowest BCUT2D eigenvalue weighted by Crippen LogP contribution is -2.29. The third kappa shape index (κ3) is 4.53. The van der Waals surface area contributed by atoms with E-state index in [0.717, 1.165) is 11.6 Å². The number of hydrogen-bond donors (Lipinski definition) is 2. The summed E-state index contributed by atoms with van der Waals surface area (Å²) in [5, 5.41) is 6.45. The summed E-state index contributed by atoms with van der Waals surface area (Å²) in [6.45, 7) is 2.79. The Morgan fingerprint density at radius 3 is 2.81 bits per heavy atom. The number of imidazole rings is 1. The van der Waals surface area contributed by atoms with Crippen LogP contribution in [-0.4, -0.2) is 45.6 Å². The second-order valence-corrected chi connectivity index (χ2v) is 6.07. The predicted molar refractivity (Wildman–Crippen MR) is 103 cm³/mol. The van der Waals surface area contributed by atoms with Crippen LogP contribution < -0.4 is 15.4 Å². The topological polar surface area (TPSA) is 94.0 Å². The molecule has 2 heterocycles. The van der Waals surface area contributed by atoms with Gasteiger partial charge in [-0.3, -0.25) is 9.36 Å². The Bertz CT molecular complexity index is 943. The first-order valence-corrected chi connectivity index (χ1v) is 8.64. The molecule has 0 aliphatic heterocycles. The highest BCUT2D eigenvalue weighted by atomic mass is 35.5. The molecule has 140 valence electrons. The number of nitrogens with one attached hydrogen (secondary N) is 2. The van der Waals surface area contributed by atoms with Crippen LogP contribution in [0.3, 0.4) is 0 Å². The van der Waals surface area contributed by atoms with Crippen LogP contribution in [0.1, 0.15) is 16.2 Å². The molecule has 0 fully saturated rings. The summed E-state index contributed by atoms with van der Waals surface area (Å²) in [6.07, 6.45) is 5.02. The zero-order chi connectivity index (χ0) is 19.2. The number of anilines is 1. The van der Waals surface area contributed by atoms with Gasteiger partial charge >= 0.3 is 0 Å². The van der Waals surface area contributed by atoms with Gasteiger partial charge in [0.25, 0.3) is 5.91 Å². The van der Waals surface area contributed by atoms with E-state index in [1.165, 1.54) is 13.4 Å². The normalized spacial score (nSPS) is 10.5. The molecular formula is C18H19ClN6O2. The van der Waals surface area contributed by atoms with E-state index in [-0.39, 0.29) is 5.91 Å². The second kappa shape index (κ2) is 8.50. The molecular weight excluding hydrogens is 368 g/mol. The number of amides is 1. The van der Waals surface area contributed by atoms with Crippen LogP contribution in [0.4, 0.5) is 5.82 Å². The maximum absolute atomic E-state index is 12.3. The SMILES string of the molecule is COc1ccc(Cl)cc1C(=O)NCCNc1cc(-n2ccnc2C)ncn1. The lowest BCUT2D eigenvalue weighted by Gasteiger charge is -2.11. The number of hydrogen-bond acceptors (Lipinski definition) is 6. The third-order valence-corrected chi connectivity index (χ3v) is 4.08. The molecule has 3 rings (SSSR count). The monoisotopic (exact) mass is 386 g/mol. The number of benzene rings is 1. The van der Waals surface area contributed by atoms with Crippen molar-refractivity contribution in [2.24, 2.45) is 0 Å². The van der Waals surface area contributed by atoms with Gasteiger partial charge in [-0.25, -0.2) is 15.0 Å². The molecule has 0 atom stereocenters. The average molecular weight is 387 g/mol. The minimum absolute atomic E-state index is 0.256. The Hall–Kier alpha value is -3.13. The summed E-state index contributed by atoms with van der Waals surface area (Å²) in [6, 6.07) is 6.73. The number of halogens is 1. The lowest BCUT2D eigenvalue weighted by atomic mass is 10.2. The molecule has 1 amide bonds. The summed E-state index contributed by atoms with van der Waals surface area (Å²) < 4.78 is 7.06. The van der Waals surface area contributed by atoms with E-state index in [4.69, 9.17) is 16.3 Å². The van der Waals surface area contributed by atoms with Crippen LogP contribution in [0.15, 0.2) is 43.0 Å². The van der Waals surface area contributed by atoms with Gasteiger partial charge in [-0.05, 0) is 25.1 Å². The number of carbonyl (C=O) groups excluding carboxylic acids is 1. The quantitative estimate of drug-likeness (QED) is 0.606. The molecule has 3 aromatic rings. The van der Waals surface area contributed by atoms with E-state index in [0.29, 0.717) is 35.2 Å². The molecule has 9 heteroatoms. The molecule has 0 saturated carbocycles. The first kappa shape index (κ1) is 18.7. The van der Waals surface area contributed by atoms with Crippen LogP contribution in [0.2, 0.25) is 5.02 Å². The largest absolute Gasteiger partial charge is 0.496 e. The van der Waals surface area contributed by atoms with Crippen molar-refractivity contribution in [1.82, 2.24) is 24.8 Å². The zero-order valence-electron chi connectivity index (χ0n) is 14.9. The molecule has 2 N–H and O–H groups in total. The highest BCUT2D eigenvalue weighted by molar-refractivity contribution is 6.31. The van der Waals surface area contributed by atoms with Crippen molar-refractivity contribution >= 4 is 23.3 Å². The van der Waals surface area contributed by atoms with E-state index in [1.807, 2.05) is 23.8 Å².